The van der Waals surface area contributed by atoms with Crippen molar-refractivity contribution in [1.29, 1.82) is 0 Å². The molecule has 0 spiro atoms. The number of rotatable bonds is 3. The Morgan fingerprint density at radius 3 is 2.84 bits per heavy atom. The predicted octanol–water partition coefficient (Wildman–Crippen LogP) is 4.41. The van der Waals surface area contributed by atoms with Crippen LogP contribution in [0.1, 0.15) is 11.3 Å². The Hall–Kier alpha value is -1.36. The van der Waals surface area contributed by atoms with E-state index in [0.29, 0.717) is 15.2 Å². The molecule has 1 amide bonds. The second-order valence-corrected chi connectivity index (χ2v) is 5.48. The van der Waals surface area contributed by atoms with Gasteiger partial charge in [-0.25, -0.2) is 4.98 Å². The van der Waals surface area contributed by atoms with Gasteiger partial charge in [0.2, 0.25) is 5.91 Å². The number of benzene rings is 1. The molecule has 0 aliphatic rings. The van der Waals surface area contributed by atoms with Crippen molar-refractivity contribution in [2.24, 2.45) is 0 Å². The Morgan fingerprint density at radius 2 is 2.21 bits per heavy atom. The first-order valence-electron chi connectivity index (χ1n) is 5.41. The van der Waals surface area contributed by atoms with E-state index in [9.17, 15) is 4.79 Å². The quantitative estimate of drug-likeness (QED) is 0.853. The van der Waals surface area contributed by atoms with E-state index in [1.54, 1.807) is 24.3 Å². The second kappa shape index (κ2) is 6.19. The van der Waals surface area contributed by atoms with E-state index in [-0.39, 0.29) is 5.91 Å². The monoisotopic (exact) mass is 312 g/mol. The zero-order valence-electron chi connectivity index (χ0n) is 9.98. The highest BCUT2D eigenvalue weighted by atomic mass is 35.5. The predicted molar refractivity (Wildman–Crippen MR) is 81.0 cm³/mol. The number of thiazole rings is 1. The average molecular weight is 313 g/mol. The number of nitrogens with one attached hydrogen (secondary N) is 1. The minimum Gasteiger partial charge on any atom is -0.298 e. The SMILES string of the molecule is Cc1csc(NC(=O)/C=C/c2ccc(Cl)cc2Cl)n1. The number of anilines is 1. The van der Waals surface area contributed by atoms with Crippen LogP contribution in [-0.2, 0) is 4.79 Å². The number of halogens is 2. The fourth-order valence-electron chi connectivity index (χ4n) is 1.36. The van der Waals surface area contributed by atoms with Crippen molar-refractivity contribution in [3.63, 3.8) is 0 Å². The summed E-state index contributed by atoms with van der Waals surface area (Å²) in [6.07, 6.45) is 3.04. The van der Waals surface area contributed by atoms with E-state index >= 15 is 0 Å². The van der Waals surface area contributed by atoms with Gasteiger partial charge in [0.1, 0.15) is 0 Å². The van der Waals surface area contributed by atoms with Crippen LogP contribution in [0.4, 0.5) is 5.13 Å². The molecular formula is C13H10Cl2N2OS. The largest absolute Gasteiger partial charge is 0.298 e. The van der Waals surface area contributed by atoms with Crippen LogP contribution < -0.4 is 5.32 Å². The number of aromatic nitrogens is 1. The lowest BCUT2D eigenvalue weighted by molar-refractivity contribution is -0.111. The minimum absolute atomic E-state index is 0.250. The van der Waals surface area contributed by atoms with Gasteiger partial charge >= 0.3 is 0 Å². The number of amides is 1. The number of hydrogen-bond donors (Lipinski definition) is 1. The third-order valence-electron chi connectivity index (χ3n) is 2.23. The molecule has 1 aromatic heterocycles. The molecular weight excluding hydrogens is 303 g/mol. The first kappa shape index (κ1) is 14.1. The summed E-state index contributed by atoms with van der Waals surface area (Å²) < 4.78 is 0. The fourth-order valence-corrected chi connectivity index (χ4v) is 2.52. The molecule has 1 N–H and O–H groups in total. The van der Waals surface area contributed by atoms with E-state index in [4.69, 9.17) is 23.2 Å². The van der Waals surface area contributed by atoms with Gasteiger partial charge in [0.15, 0.2) is 5.13 Å². The summed E-state index contributed by atoms with van der Waals surface area (Å²) in [5.74, 6) is -0.250. The van der Waals surface area contributed by atoms with E-state index < -0.39 is 0 Å². The molecule has 0 fully saturated rings. The Bertz CT molecular complexity index is 637. The second-order valence-electron chi connectivity index (χ2n) is 3.78. The maximum Gasteiger partial charge on any atom is 0.250 e. The highest BCUT2D eigenvalue weighted by Crippen LogP contribution is 2.22. The van der Waals surface area contributed by atoms with Gasteiger partial charge in [0, 0.05) is 21.5 Å². The van der Waals surface area contributed by atoms with Crippen molar-refractivity contribution in [3.8, 4) is 0 Å². The number of nitrogens with zero attached hydrogens (tertiary/aromatic N) is 1. The smallest absolute Gasteiger partial charge is 0.250 e. The molecule has 1 aromatic carbocycles. The lowest BCUT2D eigenvalue weighted by Crippen LogP contribution is -2.07. The first-order chi connectivity index (χ1) is 9.04. The van der Waals surface area contributed by atoms with Gasteiger partial charge in [-0.15, -0.1) is 11.3 Å². The van der Waals surface area contributed by atoms with E-state index in [2.05, 4.69) is 10.3 Å². The number of hydrogen-bond acceptors (Lipinski definition) is 3. The van der Waals surface area contributed by atoms with Crippen LogP contribution in [0, 0.1) is 6.92 Å². The molecule has 2 rings (SSSR count). The molecule has 0 saturated carbocycles. The van der Waals surface area contributed by atoms with Crippen molar-refractivity contribution in [2.75, 3.05) is 5.32 Å². The zero-order chi connectivity index (χ0) is 13.8. The summed E-state index contributed by atoms with van der Waals surface area (Å²) in [7, 11) is 0. The van der Waals surface area contributed by atoms with Crippen molar-refractivity contribution in [2.45, 2.75) is 6.92 Å². The molecule has 0 aliphatic carbocycles. The molecule has 0 aliphatic heterocycles. The van der Waals surface area contributed by atoms with Gasteiger partial charge < -0.3 is 0 Å². The first-order valence-corrected chi connectivity index (χ1v) is 7.04. The number of carbonyl (C=O) groups is 1. The van der Waals surface area contributed by atoms with E-state index in [0.717, 1.165) is 11.3 Å². The van der Waals surface area contributed by atoms with Crippen molar-refractivity contribution in [3.05, 3.63) is 51.0 Å². The molecule has 0 saturated heterocycles. The maximum atomic E-state index is 11.7. The Labute approximate surface area is 124 Å². The van der Waals surface area contributed by atoms with Gasteiger partial charge in [-0.05, 0) is 30.7 Å². The molecule has 1 heterocycles. The number of aryl methyl sites for hydroxylation is 1. The van der Waals surface area contributed by atoms with Gasteiger partial charge in [-0.2, -0.15) is 0 Å². The summed E-state index contributed by atoms with van der Waals surface area (Å²) in [4.78, 5) is 15.8. The van der Waals surface area contributed by atoms with Crippen molar-refractivity contribution in [1.82, 2.24) is 4.98 Å². The van der Waals surface area contributed by atoms with Crippen LogP contribution in [0.2, 0.25) is 10.0 Å². The molecule has 0 atom stereocenters. The molecule has 98 valence electrons. The lowest BCUT2D eigenvalue weighted by Gasteiger charge is -1.99. The summed E-state index contributed by atoms with van der Waals surface area (Å²) in [6.45, 7) is 1.87. The van der Waals surface area contributed by atoms with Crippen LogP contribution in [0.25, 0.3) is 6.08 Å². The molecule has 3 nitrogen and oxygen atoms in total. The van der Waals surface area contributed by atoms with Crippen LogP contribution in [0.15, 0.2) is 29.7 Å². The molecule has 0 unspecified atom stereocenters. The average Bonchev–Trinajstić information content (AvgIpc) is 2.73. The molecule has 0 radical (unpaired) electrons. The summed E-state index contributed by atoms with van der Waals surface area (Å²) in [5, 5.41) is 6.19. The normalized spacial score (nSPS) is 10.9. The molecule has 2 aromatic rings. The number of carbonyl (C=O) groups excluding carboxylic acids is 1. The van der Waals surface area contributed by atoms with Crippen LogP contribution in [-0.4, -0.2) is 10.9 Å². The summed E-state index contributed by atoms with van der Waals surface area (Å²) >= 11 is 13.2. The van der Waals surface area contributed by atoms with E-state index in [1.807, 2.05) is 12.3 Å². The van der Waals surface area contributed by atoms with Crippen molar-refractivity contribution < 1.29 is 4.79 Å². The molecule has 0 bridgehead atoms. The minimum atomic E-state index is -0.250. The van der Waals surface area contributed by atoms with E-state index in [1.165, 1.54) is 17.4 Å². The standard InChI is InChI=1S/C13H10Cl2N2OS/c1-8-7-19-13(16-8)17-12(18)5-3-9-2-4-10(14)6-11(9)15/h2-7H,1H3,(H,16,17,18)/b5-3+. The van der Waals surface area contributed by atoms with Crippen molar-refractivity contribution >= 4 is 51.7 Å². The maximum absolute atomic E-state index is 11.7. The lowest BCUT2D eigenvalue weighted by atomic mass is 10.2. The van der Waals surface area contributed by atoms with Crippen LogP contribution in [0.5, 0.6) is 0 Å². The van der Waals surface area contributed by atoms with Gasteiger partial charge in [0.05, 0.1) is 5.69 Å². The third kappa shape index (κ3) is 4.06. The fraction of sp³-hybridized carbons (Fsp3) is 0.0769. The Morgan fingerprint density at radius 1 is 1.42 bits per heavy atom. The van der Waals surface area contributed by atoms with Gasteiger partial charge in [-0.3, -0.25) is 10.1 Å². The zero-order valence-corrected chi connectivity index (χ0v) is 12.3. The summed E-state index contributed by atoms with van der Waals surface area (Å²) in [5.41, 5.74) is 1.61. The Kier molecular flexibility index (Phi) is 4.58. The van der Waals surface area contributed by atoms with Gasteiger partial charge in [0.25, 0.3) is 0 Å². The summed E-state index contributed by atoms with van der Waals surface area (Å²) in [6, 6.07) is 5.10. The van der Waals surface area contributed by atoms with Crippen LogP contribution >= 0.6 is 34.5 Å². The highest BCUT2D eigenvalue weighted by Gasteiger charge is 2.02. The Balaban J connectivity index is 2.03. The molecule has 19 heavy (non-hydrogen) atoms. The molecule has 6 heteroatoms. The van der Waals surface area contributed by atoms with Gasteiger partial charge in [-0.1, -0.05) is 29.3 Å². The topological polar surface area (TPSA) is 42.0 Å². The highest BCUT2D eigenvalue weighted by molar-refractivity contribution is 7.13. The third-order valence-corrected chi connectivity index (χ3v) is 3.66. The van der Waals surface area contributed by atoms with Crippen LogP contribution in [0.3, 0.4) is 0 Å².